The molecular formula is C30H21BBrNO2. The van der Waals surface area contributed by atoms with Crippen molar-refractivity contribution in [1.29, 1.82) is 0 Å². The van der Waals surface area contributed by atoms with Crippen LogP contribution in [0.3, 0.4) is 0 Å². The summed E-state index contributed by atoms with van der Waals surface area (Å²) >= 11 is 3.74. The molecule has 2 unspecified atom stereocenters. The van der Waals surface area contributed by atoms with Crippen LogP contribution < -0.4 is 30.8 Å². The first-order chi connectivity index (χ1) is 17.3. The van der Waals surface area contributed by atoms with Gasteiger partial charge in [0.15, 0.2) is 0 Å². The normalized spacial score (nSPS) is 22.1. The molecular weight excluding hydrogens is 497 g/mol. The fourth-order valence-electron chi connectivity index (χ4n) is 6.38. The topological polar surface area (TPSA) is 21.7 Å². The largest absolute Gasteiger partial charge is 0.458 e. The Morgan fingerprint density at radius 1 is 0.943 bits per heavy atom. The van der Waals surface area contributed by atoms with Gasteiger partial charge in [-0.3, -0.25) is 0 Å². The first kappa shape index (κ1) is 19.8. The van der Waals surface area contributed by atoms with Gasteiger partial charge in [-0.2, -0.15) is 0 Å². The maximum Gasteiger partial charge on any atom is 0.260 e. The lowest BCUT2D eigenvalue weighted by molar-refractivity contribution is 0.464. The molecule has 3 aliphatic heterocycles. The van der Waals surface area contributed by atoms with Gasteiger partial charge in [-0.1, -0.05) is 76.6 Å². The fraction of sp³-hybridized carbons (Fsp3) is 0.133. The summed E-state index contributed by atoms with van der Waals surface area (Å²) in [5, 5.41) is 0. The van der Waals surface area contributed by atoms with Crippen molar-refractivity contribution in [3.8, 4) is 23.0 Å². The van der Waals surface area contributed by atoms with Gasteiger partial charge in [0.25, 0.3) is 6.71 Å². The Hall–Kier alpha value is -3.44. The van der Waals surface area contributed by atoms with Gasteiger partial charge in [0.05, 0.1) is 11.7 Å². The summed E-state index contributed by atoms with van der Waals surface area (Å²) in [6.07, 6.45) is 15.6. The number of ether oxygens (including phenoxy) is 2. The minimum absolute atomic E-state index is 0.0859. The van der Waals surface area contributed by atoms with E-state index in [4.69, 9.17) is 9.47 Å². The lowest BCUT2D eigenvalue weighted by Gasteiger charge is -2.36. The fourth-order valence-corrected chi connectivity index (χ4v) is 6.81. The SMILES string of the molecule is BrC1=CC2C(C=C1)c1cc3c4c(c1N2C1=CC=CCC1)Oc1ccccc1B4c1ccccc1O3. The summed E-state index contributed by atoms with van der Waals surface area (Å²) in [6.45, 7) is 0.0859. The monoisotopic (exact) mass is 517 g/mol. The van der Waals surface area contributed by atoms with Crippen molar-refractivity contribution < 1.29 is 9.47 Å². The highest BCUT2D eigenvalue weighted by Crippen LogP contribution is 2.54. The van der Waals surface area contributed by atoms with Gasteiger partial charge in [0.2, 0.25) is 0 Å². The predicted octanol–water partition coefficient (Wildman–Crippen LogP) is 5.77. The molecule has 0 bridgehead atoms. The summed E-state index contributed by atoms with van der Waals surface area (Å²) in [4.78, 5) is 2.52. The first-order valence-corrected chi connectivity index (χ1v) is 13.0. The van der Waals surface area contributed by atoms with Gasteiger partial charge >= 0.3 is 0 Å². The summed E-state index contributed by atoms with van der Waals surface area (Å²) in [6, 6.07) is 19.4. The molecule has 0 spiro atoms. The molecule has 3 nitrogen and oxygen atoms in total. The molecule has 0 saturated carbocycles. The second-order valence-electron chi connectivity index (χ2n) is 9.69. The highest BCUT2D eigenvalue weighted by molar-refractivity contribution is 9.11. The Balaban J connectivity index is 1.44. The van der Waals surface area contributed by atoms with Crippen LogP contribution in [0, 0.1) is 0 Å². The van der Waals surface area contributed by atoms with Crippen LogP contribution in [-0.4, -0.2) is 12.8 Å². The van der Waals surface area contributed by atoms with E-state index in [2.05, 4.69) is 112 Å². The average molecular weight is 518 g/mol. The van der Waals surface area contributed by atoms with Gasteiger partial charge in [-0.25, -0.2) is 0 Å². The zero-order chi connectivity index (χ0) is 23.1. The molecule has 5 aliphatic rings. The Morgan fingerprint density at radius 3 is 2.49 bits per heavy atom. The van der Waals surface area contributed by atoms with E-state index in [1.165, 1.54) is 27.9 Å². The number of hydrogen-bond acceptors (Lipinski definition) is 3. The lowest BCUT2D eigenvalue weighted by Crippen LogP contribution is -2.57. The molecule has 0 saturated heterocycles. The van der Waals surface area contributed by atoms with Crippen LogP contribution >= 0.6 is 15.9 Å². The Morgan fingerprint density at radius 2 is 1.71 bits per heavy atom. The van der Waals surface area contributed by atoms with E-state index in [0.717, 1.165) is 45.8 Å². The Bertz CT molecular complexity index is 1540. The molecule has 3 aromatic rings. The molecule has 0 fully saturated rings. The van der Waals surface area contributed by atoms with Crippen LogP contribution in [0.4, 0.5) is 5.69 Å². The highest BCUT2D eigenvalue weighted by atomic mass is 79.9. The standard InChI is InChI=1S/C30H21BBrNO2/c32-18-14-15-20-21-17-27-28-30(29(21)33(24(20)16-18)19-8-2-1-3-9-19)35-26-13-7-5-11-23(26)31(28)22-10-4-6-12-25(22)34-27/h1-2,4-8,10-17,20,24H,3,9H2. The van der Waals surface area contributed by atoms with Crippen molar-refractivity contribution in [3.05, 3.63) is 107 Å². The van der Waals surface area contributed by atoms with E-state index >= 15 is 0 Å². The minimum atomic E-state index is 0.0859. The molecule has 0 N–H and O–H groups in total. The van der Waals surface area contributed by atoms with Crippen molar-refractivity contribution in [3.63, 3.8) is 0 Å². The third kappa shape index (κ3) is 2.73. The summed E-state index contributed by atoms with van der Waals surface area (Å²) in [5.74, 6) is 3.96. The van der Waals surface area contributed by atoms with E-state index in [9.17, 15) is 0 Å². The molecule has 2 aliphatic carbocycles. The Labute approximate surface area is 213 Å². The van der Waals surface area contributed by atoms with Gasteiger partial charge in [0.1, 0.15) is 23.0 Å². The van der Waals surface area contributed by atoms with Crippen molar-refractivity contribution in [2.24, 2.45) is 0 Å². The second kappa shape index (κ2) is 7.28. The van der Waals surface area contributed by atoms with E-state index < -0.39 is 0 Å². The molecule has 35 heavy (non-hydrogen) atoms. The third-order valence-electron chi connectivity index (χ3n) is 7.83. The number of para-hydroxylation sites is 2. The number of benzene rings is 3. The number of halogens is 1. The molecule has 0 aromatic heterocycles. The van der Waals surface area contributed by atoms with Gasteiger partial charge in [-0.05, 0) is 59.7 Å². The van der Waals surface area contributed by atoms with Crippen LogP contribution in [0.1, 0.15) is 24.3 Å². The summed E-state index contributed by atoms with van der Waals surface area (Å²) in [7, 11) is 0. The number of allylic oxidation sites excluding steroid dienone is 6. The van der Waals surface area contributed by atoms with Crippen LogP contribution in [0.2, 0.25) is 0 Å². The molecule has 8 rings (SSSR count). The van der Waals surface area contributed by atoms with Gasteiger partial charge < -0.3 is 14.4 Å². The minimum Gasteiger partial charge on any atom is -0.458 e. The molecule has 3 aromatic carbocycles. The number of nitrogens with zero attached hydrogens (tertiary/aromatic N) is 1. The third-order valence-corrected chi connectivity index (χ3v) is 8.35. The summed E-state index contributed by atoms with van der Waals surface area (Å²) < 4.78 is 14.5. The van der Waals surface area contributed by atoms with Crippen molar-refractivity contribution in [1.82, 2.24) is 0 Å². The molecule has 0 radical (unpaired) electrons. The first-order valence-electron chi connectivity index (χ1n) is 12.2. The number of anilines is 1. The second-order valence-corrected chi connectivity index (χ2v) is 10.6. The van der Waals surface area contributed by atoms with Gasteiger partial charge in [-0.15, -0.1) is 0 Å². The van der Waals surface area contributed by atoms with E-state index in [1.54, 1.807) is 0 Å². The van der Waals surface area contributed by atoms with Crippen molar-refractivity contribution in [2.45, 2.75) is 24.8 Å². The number of fused-ring (bicyclic) bond motifs is 8. The quantitative estimate of drug-likeness (QED) is 0.263. The average Bonchev–Trinajstić information content (AvgIpc) is 3.22. The van der Waals surface area contributed by atoms with Crippen molar-refractivity contribution >= 4 is 44.7 Å². The van der Waals surface area contributed by atoms with Crippen LogP contribution in [0.25, 0.3) is 0 Å². The summed E-state index contributed by atoms with van der Waals surface area (Å²) in [5.41, 5.74) is 7.32. The lowest BCUT2D eigenvalue weighted by atomic mass is 9.34. The van der Waals surface area contributed by atoms with E-state index in [-0.39, 0.29) is 18.7 Å². The molecule has 3 heterocycles. The number of hydrogen-bond donors (Lipinski definition) is 0. The molecule has 5 heteroatoms. The maximum atomic E-state index is 6.81. The van der Waals surface area contributed by atoms with Crippen molar-refractivity contribution in [2.75, 3.05) is 4.90 Å². The van der Waals surface area contributed by atoms with E-state index in [0.29, 0.717) is 0 Å². The van der Waals surface area contributed by atoms with Crippen LogP contribution in [-0.2, 0) is 0 Å². The smallest absolute Gasteiger partial charge is 0.260 e. The van der Waals surface area contributed by atoms with Gasteiger partial charge in [0, 0.05) is 21.6 Å². The maximum absolute atomic E-state index is 6.81. The zero-order valence-electron chi connectivity index (χ0n) is 18.9. The molecule has 2 atom stereocenters. The Kier molecular flexibility index (Phi) is 4.13. The molecule has 0 amide bonds. The van der Waals surface area contributed by atoms with E-state index in [1.807, 2.05) is 0 Å². The van der Waals surface area contributed by atoms with Crippen LogP contribution in [0.15, 0.2) is 101 Å². The molecule has 168 valence electrons. The van der Waals surface area contributed by atoms with Crippen LogP contribution in [0.5, 0.6) is 23.0 Å². The highest BCUT2D eigenvalue weighted by Gasteiger charge is 2.48. The zero-order valence-corrected chi connectivity index (χ0v) is 20.5. The predicted molar refractivity (Wildman–Crippen MR) is 146 cm³/mol. The number of rotatable bonds is 1.